The number of piperidine rings is 1. The van der Waals surface area contributed by atoms with Crippen molar-refractivity contribution in [1.29, 1.82) is 5.26 Å². The molecule has 12 heteroatoms. The predicted molar refractivity (Wildman–Crippen MR) is 141 cm³/mol. The van der Waals surface area contributed by atoms with Gasteiger partial charge in [0, 0.05) is 42.0 Å². The lowest BCUT2D eigenvalue weighted by molar-refractivity contribution is -0.384. The Morgan fingerprint density at radius 2 is 2.05 bits per heavy atom. The highest BCUT2D eigenvalue weighted by atomic mass is 16.6. The molecule has 0 bridgehead atoms. The van der Waals surface area contributed by atoms with E-state index in [2.05, 4.69) is 20.5 Å². The molecule has 2 heterocycles. The number of non-ortho nitro benzene ring substituents is 1. The maximum absolute atomic E-state index is 12.5. The minimum absolute atomic E-state index is 0.00587. The van der Waals surface area contributed by atoms with Crippen LogP contribution in [-0.4, -0.2) is 46.8 Å². The minimum atomic E-state index is -0.625. The predicted octanol–water partition coefficient (Wildman–Crippen LogP) is 3.44. The Labute approximate surface area is 217 Å². The third-order valence-electron chi connectivity index (χ3n) is 6.13. The molecule has 1 fully saturated rings. The van der Waals surface area contributed by atoms with Gasteiger partial charge in [-0.15, -0.1) is 0 Å². The molecule has 0 aliphatic carbocycles. The van der Waals surface area contributed by atoms with Gasteiger partial charge >= 0.3 is 5.97 Å². The van der Waals surface area contributed by atoms with Crippen LogP contribution in [0.25, 0.3) is 11.3 Å². The Morgan fingerprint density at radius 1 is 1.32 bits per heavy atom. The average Bonchev–Trinajstić information content (AvgIpc) is 2.93. The molecule has 0 atom stereocenters. The lowest BCUT2D eigenvalue weighted by Gasteiger charge is -2.33. The zero-order chi connectivity index (χ0) is 27.1. The van der Waals surface area contributed by atoms with E-state index in [4.69, 9.17) is 4.74 Å². The van der Waals surface area contributed by atoms with Crippen molar-refractivity contribution in [2.45, 2.75) is 19.8 Å². The highest BCUT2D eigenvalue weighted by Gasteiger charge is 2.27. The summed E-state index contributed by atoms with van der Waals surface area (Å²) in [6.45, 7) is 3.25. The number of nitriles is 1. The Balaban J connectivity index is 1.58. The van der Waals surface area contributed by atoms with Gasteiger partial charge in [0.15, 0.2) is 0 Å². The second kappa shape index (κ2) is 11.8. The number of hydrogen-bond donors (Lipinski definition) is 2. The fraction of sp³-hybridized carbons (Fsp3) is 0.269. The fourth-order valence-electron chi connectivity index (χ4n) is 4.26. The summed E-state index contributed by atoms with van der Waals surface area (Å²) in [6, 6.07) is 15.2. The molecule has 0 unspecified atom stereocenters. The van der Waals surface area contributed by atoms with Crippen molar-refractivity contribution in [3.63, 3.8) is 0 Å². The van der Waals surface area contributed by atoms with Crippen molar-refractivity contribution in [1.82, 2.24) is 9.97 Å². The van der Waals surface area contributed by atoms with Gasteiger partial charge in [0.1, 0.15) is 11.6 Å². The molecule has 2 N–H and O–H groups in total. The normalized spacial score (nSPS) is 13.7. The maximum Gasteiger partial charge on any atom is 0.309 e. The van der Waals surface area contributed by atoms with Crippen LogP contribution in [-0.2, 0) is 9.53 Å². The van der Waals surface area contributed by atoms with Crippen molar-refractivity contribution in [2.75, 3.05) is 30.0 Å². The molecule has 12 nitrogen and oxygen atoms in total. The summed E-state index contributed by atoms with van der Waals surface area (Å²) in [5.74, 6) is -0.381. The minimum Gasteiger partial charge on any atom is -0.466 e. The van der Waals surface area contributed by atoms with Crippen LogP contribution in [0.1, 0.15) is 30.9 Å². The molecule has 1 aliphatic heterocycles. The Bertz CT molecular complexity index is 1460. The standard InChI is InChI=1S/C26H25N7O5/c1-2-38-25(35)18-10-12-32(13-11-18)22-9-8-20(33(36)37)14-19(22)16-28-31-26-29-23(17-6-4-3-5-7-17)21(15-27)24(34)30-26/h3-9,14,16,18H,2,10-13H2,1H3,(H2,29,30,31,34). The number of ether oxygens (including phenoxy) is 1. The maximum atomic E-state index is 12.5. The van der Waals surface area contributed by atoms with Crippen molar-refractivity contribution in [3.05, 3.63) is 80.1 Å². The smallest absolute Gasteiger partial charge is 0.309 e. The second-order valence-corrected chi connectivity index (χ2v) is 8.50. The van der Waals surface area contributed by atoms with E-state index >= 15 is 0 Å². The summed E-state index contributed by atoms with van der Waals surface area (Å²) in [6.07, 6.45) is 2.60. The van der Waals surface area contributed by atoms with Crippen molar-refractivity contribution < 1.29 is 14.5 Å². The fourth-order valence-corrected chi connectivity index (χ4v) is 4.26. The molecule has 0 saturated carbocycles. The van der Waals surface area contributed by atoms with Crippen molar-refractivity contribution in [3.8, 4) is 17.3 Å². The Hall–Kier alpha value is -5.05. The first-order chi connectivity index (χ1) is 18.4. The number of carbonyl (C=O) groups is 1. The van der Waals surface area contributed by atoms with Gasteiger partial charge in [-0.25, -0.2) is 10.4 Å². The zero-order valence-electron chi connectivity index (χ0n) is 20.6. The van der Waals surface area contributed by atoms with Gasteiger partial charge < -0.3 is 9.64 Å². The van der Waals surface area contributed by atoms with Crippen LogP contribution in [0, 0.1) is 27.4 Å². The van der Waals surface area contributed by atoms with Crippen LogP contribution in [0.3, 0.4) is 0 Å². The summed E-state index contributed by atoms with van der Waals surface area (Å²) in [7, 11) is 0. The van der Waals surface area contributed by atoms with Crippen LogP contribution in [0.15, 0.2) is 58.4 Å². The highest BCUT2D eigenvalue weighted by molar-refractivity contribution is 5.89. The van der Waals surface area contributed by atoms with Crippen LogP contribution in [0.4, 0.5) is 17.3 Å². The number of H-pyrrole nitrogens is 1. The van der Waals surface area contributed by atoms with Crippen LogP contribution >= 0.6 is 0 Å². The van der Waals surface area contributed by atoms with Crippen LogP contribution in [0.2, 0.25) is 0 Å². The van der Waals surface area contributed by atoms with Crippen molar-refractivity contribution in [2.24, 2.45) is 11.0 Å². The van der Waals surface area contributed by atoms with E-state index in [0.29, 0.717) is 43.7 Å². The first-order valence-electron chi connectivity index (χ1n) is 12.0. The van der Waals surface area contributed by atoms with Gasteiger partial charge in [0.25, 0.3) is 11.2 Å². The van der Waals surface area contributed by atoms with E-state index in [1.807, 2.05) is 17.0 Å². The number of nitro groups is 1. The van der Waals surface area contributed by atoms with Gasteiger partial charge in [-0.3, -0.25) is 24.7 Å². The quantitative estimate of drug-likeness (QED) is 0.198. The molecular weight excluding hydrogens is 490 g/mol. The molecule has 38 heavy (non-hydrogen) atoms. The van der Waals surface area contributed by atoms with E-state index in [9.17, 15) is 25.0 Å². The number of carbonyl (C=O) groups excluding carboxylic acids is 1. The molecule has 3 aromatic rings. The summed E-state index contributed by atoms with van der Waals surface area (Å²) in [4.78, 5) is 44.3. The first-order valence-corrected chi connectivity index (χ1v) is 12.0. The van der Waals surface area contributed by atoms with E-state index < -0.39 is 10.5 Å². The molecule has 4 rings (SSSR count). The number of nitrogens with zero attached hydrogens (tertiary/aromatic N) is 5. The summed E-state index contributed by atoms with van der Waals surface area (Å²) in [5.41, 5.74) is 3.78. The van der Waals surface area contributed by atoms with Gasteiger partial charge in [-0.2, -0.15) is 10.4 Å². The number of nitrogens with one attached hydrogen (secondary N) is 2. The number of aromatic amines is 1. The number of hydrogen-bond acceptors (Lipinski definition) is 10. The topological polar surface area (TPSA) is 167 Å². The second-order valence-electron chi connectivity index (χ2n) is 8.50. The largest absolute Gasteiger partial charge is 0.466 e. The number of esters is 1. The number of aromatic nitrogens is 2. The molecular formula is C26H25N7O5. The van der Waals surface area contributed by atoms with E-state index in [1.165, 1.54) is 18.3 Å². The lowest BCUT2D eigenvalue weighted by atomic mass is 9.96. The number of benzene rings is 2. The summed E-state index contributed by atoms with van der Waals surface area (Å²) in [5, 5.41) is 25.0. The molecule has 1 aliphatic rings. The van der Waals surface area contributed by atoms with Gasteiger partial charge in [-0.1, -0.05) is 30.3 Å². The van der Waals surface area contributed by atoms with E-state index in [1.54, 1.807) is 37.3 Å². The summed E-state index contributed by atoms with van der Waals surface area (Å²) >= 11 is 0. The molecule has 1 aromatic heterocycles. The Morgan fingerprint density at radius 3 is 2.71 bits per heavy atom. The SMILES string of the molecule is CCOC(=O)C1CCN(c2ccc([N+](=O)[O-])cc2C=NNc2nc(-c3ccccc3)c(C#N)c(=O)[nH]2)CC1. The number of anilines is 2. The molecule has 0 amide bonds. The Kier molecular flexibility index (Phi) is 8.07. The third-order valence-corrected chi connectivity index (χ3v) is 6.13. The van der Waals surface area contributed by atoms with Crippen LogP contribution in [0.5, 0.6) is 0 Å². The lowest BCUT2D eigenvalue weighted by Crippen LogP contribution is -2.37. The van der Waals surface area contributed by atoms with Crippen LogP contribution < -0.4 is 15.9 Å². The van der Waals surface area contributed by atoms with Gasteiger partial charge in [0.05, 0.1) is 29.4 Å². The zero-order valence-corrected chi connectivity index (χ0v) is 20.6. The van der Waals surface area contributed by atoms with E-state index in [-0.39, 0.29) is 34.8 Å². The average molecular weight is 516 g/mol. The van der Waals surface area contributed by atoms with E-state index in [0.717, 1.165) is 5.69 Å². The molecule has 2 aromatic carbocycles. The molecule has 0 spiro atoms. The number of hydrazone groups is 1. The molecule has 1 saturated heterocycles. The molecule has 0 radical (unpaired) electrons. The monoisotopic (exact) mass is 515 g/mol. The first kappa shape index (κ1) is 26.0. The number of nitro benzene ring substituents is 1. The number of rotatable bonds is 8. The molecule has 194 valence electrons. The van der Waals surface area contributed by atoms with Gasteiger partial charge in [-0.05, 0) is 25.8 Å². The van der Waals surface area contributed by atoms with Crippen molar-refractivity contribution >= 4 is 29.5 Å². The highest BCUT2D eigenvalue weighted by Crippen LogP contribution is 2.29. The van der Waals surface area contributed by atoms with Gasteiger partial charge in [0.2, 0.25) is 5.95 Å². The third kappa shape index (κ3) is 5.84. The summed E-state index contributed by atoms with van der Waals surface area (Å²) < 4.78 is 5.13.